The number of nitro benzene ring substituents is 2. The quantitative estimate of drug-likeness (QED) is 0.0487. The summed E-state index contributed by atoms with van der Waals surface area (Å²) < 4.78 is 18.2. The third-order valence-electron chi connectivity index (χ3n) is 8.80. The second-order valence-electron chi connectivity index (χ2n) is 13.7. The Morgan fingerprint density at radius 1 is 0.691 bits per heavy atom. The van der Waals surface area contributed by atoms with Crippen LogP contribution in [0.25, 0.3) is 0 Å². The molecular formula is C38H36N8O8Si. The minimum Gasteiger partial charge on any atom is -0.544 e. The number of aromatic hydroxyl groups is 1. The van der Waals surface area contributed by atoms with E-state index in [2.05, 4.69) is 59.1 Å². The molecule has 2 aromatic heterocycles. The van der Waals surface area contributed by atoms with E-state index >= 15 is 0 Å². The summed E-state index contributed by atoms with van der Waals surface area (Å²) in [6.45, 7) is 10.8. The monoisotopic (exact) mass is 760 g/mol. The van der Waals surface area contributed by atoms with Crippen LogP contribution in [0.5, 0.6) is 34.8 Å². The zero-order chi connectivity index (χ0) is 39.3. The Balaban J connectivity index is 1.33. The molecule has 0 amide bonds. The Hall–Kier alpha value is -7.14. The molecule has 0 saturated heterocycles. The maximum absolute atomic E-state index is 11.3. The molecule has 0 atom stereocenters. The van der Waals surface area contributed by atoms with Crippen molar-refractivity contribution in [3.63, 3.8) is 0 Å². The lowest BCUT2D eigenvalue weighted by molar-refractivity contribution is -0.385. The molecular weight excluding hydrogens is 725 g/mol. The molecule has 0 fully saturated rings. The molecule has 0 aliphatic rings. The number of ether oxygens (including phenoxy) is 2. The number of hydrogen-bond donors (Lipinski definition) is 2. The van der Waals surface area contributed by atoms with Crippen molar-refractivity contribution in [2.24, 2.45) is 0 Å². The van der Waals surface area contributed by atoms with Gasteiger partial charge >= 0.3 is 0 Å². The molecule has 0 aliphatic carbocycles. The third-order valence-corrected chi connectivity index (χ3v) is 13.2. The van der Waals surface area contributed by atoms with Gasteiger partial charge < -0.3 is 24.3 Å². The number of aromatic nitrogens is 4. The molecule has 0 unspecified atom stereocenters. The number of anilines is 5. The Bertz CT molecular complexity index is 2320. The minimum absolute atomic E-state index is 0.0146. The highest BCUT2D eigenvalue weighted by atomic mass is 28.4. The van der Waals surface area contributed by atoms with E-state index in [1.807, 2.05) is 24.3 Å². The van der Waals surface area contributed by atoms with Crippen molar-refractivity contribution in [3.05, 3.63) is 136 Å². The summed E-state index contributed by atoms with van der Waals surface area (Å²) in [5.74, 6) is 2.33. The second-order valence-corrected chi connectivity index (χ2v) is 18.4. The molecule has 0 saturated carbocycles. The van der Waals surface area contributed by atoms with Crippen LogP contribution in [0.1, 0.15) is 20.8 Å². The van der Waals surface area contributed by atoms with Crippen LogP contribution in [0.3, 0.4) is 0 Å². The minimum atomic E-state index is -2.14. The van der Waals surface area contributed by atoms with Gasteiger partial charge in [-0.2, -0.15) is 0 Å². The van der Waals surface area contributed by atoms with Crippen LogP contribution in [0.2, 0.25) is 18.1 Å². The SMILES string of the molecule is CC(C)(C)[Si](C)(C)Oc1ccc(N(c2cc(Oc3ccc([N+](=O)[O-])cc3)ncn2)c2cc(Nc3cc(Oc4ccc([N+](=O)[O-])cc4)ncn3)ccc2O)cc1. The number of phenolic OH excluding ortho intramolecular Hbond substituents is 1. The van der Waals surface area contributed by atoms with Gasteiger partial charge in [-0.05, 0) is 84.9 Å². The van der Waals surface area contributed by atoms with Crippen LogP contribution in [-0.2, 0) is 0 Å². The number of benzene rings is 4. The fourth-order valence-corrected chi connectivity index (χ4v) is 5.95. The normalized spacial score (nSPS) is 11.4. The Morgan fingerprint density at radius 2 is 1.22 bits per heavy atom. The molecule has 55 heavy (non-hydrogen) atoms. The summed E-state index contributed by atoms with van der Waals surface area (Å²) in [5.41, 5.74) is 1.34. The van der Waals surface area contributed by atoms with Gasteiger partial charge in [0.25, 0.3) is 11.4 Å². The number of nitrogens with one attached hydrogen (secondary N) is 1. The molecule has 2 N–H and O–H groups in total. The van der Waals surface area contributed by atoms with Gasteiger partial charge in [-0.15, -0.1) is 0 Å². The molecule has 2 heterocycles. The van der Waals surface area contributed by atoms with E-state index in [0.717, 1.165) is 0 Å². The molecule has 0 spiro atoms. The van der Waals surface area contributed by atoms with Crippen LogP contribution in [0.15, 0.2) is 116 Å². The first kappa shape index (κ1) is 37.6. The van der Waals surface area contributed by atoms with E-state index in [4.69, 9.17) is 13.9 Å². The molecule has 6 aromatic rings. The van der Waals surface area contributed by atoms with Crippen molar-refractivity contribution in [2.45, 2.75) is 38.9 Å². The number of phenols is 1. The van der Waals surface area contributed by atoms with Crippen LogP contribution >= 0.6 is 0 Å². The highest BCUT2D eigenvalue weighted by Crippen LogP contribution is 2.43. The molecule has 6 rings (SSSR count). The van der Waals surface area contributed by atoms with E-state index in [-0.39, 0.29) is 33.9 Å². The molecule has 0 bridgehead atoms. The van der Waals surface area contributed by atoms with Gasteiger partial charge in [0.05, 0.1) is 15.5 Å². The lowest BCUT2D eigenvalue weighted by Gasteiger charge is -2.36. The molecule has 0 radical (unpaired) electrons. The smallest absolute Gasteiger partial charge is 0.269 e. The second kappa shape index (κ2) is 15.5. The van der Waals surface area contributed by atoms with Gasteiger partial charge in [-0.3, -0.25) is 25.1 Å². The average Bonchev–Trinajstić information content (AvgIpc) is 3.14. The van der Waals surface area contributed by atoms with Crippen molar-refractivity contribution in [1.29, 1.82) is 0 Å². The summed E-state index contributed by atoms with van der Waals surface area (Å²) in [4.78, 5) is 40.1. The molecule has 280 valence electrons. The fourth-order valence-electron chi connectivity index (χ4n) is 4.92. The third kappa shape index (κ3) is 9.09. The summed E-state index contributed by atoms with van der Waals surface area (Å²) >= 11 is 0. The summed E-state index contributed by atoms with van der Waals surface area (Å²) in [7, 11) is -2.14. The predicted molar refractivity (Wildman–Crippen MR) is 208 cm³/mol. The molecule has 17 heteroatoms. The Morgan fingerprint density at radius 3 is 1.76 bits per heavy atom. The standard InChI is InChI=1S/C38H36N8O8Si/c1-38(2,3)55(4,5)54-31-17-7-26(8-18-31)44(35-22-37(42-24-40-35)53-30-15-11-28(12-16-30)46(50)51)32-20-25(6-19-33(32)47)43-34-21-36(41-23-39-34)52-29-13-9-27(10-14-29)45(48)49/h6-24,47H,1-5H3,(H,39,41,43). The van der Waals surface area contributed by atoms with E-state index < -0.39 is 18.2 Å². The summed E-state index contributed by atoms with van der Waals surface area (Å²) in [6.07, 6.45) is 2.61. The summed E-state index contributed by atoms with van der Waals surface area (Å²) in [6, 6.07) is 26.6. The number of nitrogens with zero attached hydrogens (tertiary/aromatic N) is 7. The van der Waals surface area contributed by atoms with E-state index in [9.17, 15) is 25.3 Å². The van der Waals surface area contributed by atoms with Gasteiger partial charge in [0.1, 0.15) is 47.3 Å². The average molecular weight is 761 g/mol. The van der Waals surface area contributed by atoms with Crippen molar-refractivity contribution < 1.29 is 28.9 Å². The maximum Gasteiger partial charge on any atom is 0.269 e. The first-order valence-electron chi connectivity index (χ1n) is 16.8. The lowest BCUT2D eigenvalue weighted by Crippen LogP contribution is -2.43. The van der Waals surface area contributed by atoms with Gasteiger partial charge in [0, 0.05) is 47.8 Å². The van der Waals surface area contributed by atoms with Crippen LogP contribution < -0.4 is 24.1 Å². The van der Waals surface area contributed by atoms with Crippen molar-refractivity contribution >= 4 is 48.4 Å². The van der Waals surface area contributed by atoms with Crippen LogP contribution in [0.4, 0.5) is 40.1 Å². The van der Waals surface area contributed by atoms with Gasteiger partial charge in [0.15, 0.2) is 0 Å². The first-order chi connectivity index (χ1) is 26.1. The van der Waals surface area contributed by atoms with Crippen molar-refractivity contribution in [3.8, 4) is 34.8 Å². The fraction of sp³-hybridized carbons (Fsp3) is 0.158. The van der Waals surface area contributed by atoms with Crippen molar-refractivity contribution in [1.82, 2.24) is 19.9 Å². The van der Waals surface area contributed by atoms with E-state index in [1.54, 1.807) is 29.2 Å². The topological polar surface area (TPSA) is 201 Å². The molecule has 16 nitrogen and oxygen atoms in total. The Kier molecular flexibility index (Phi) is 10.6. The number of rotatable bonds is 13. The molecule has 4 aromatic carbocycles. The highest BCUT2D eigenvalue weighted by molar-refractivity contribution is 6.74. The van der Waals surface area contributed by atoms with Gasteiger partial charge in [0.2, 0.25) is 20.1 Å². The molecule has 0 aliphatic heterocycles. The van der Waals surface area contributed by atoms with Crippen LogP contribution in [0, 0.1) is 20.2 Å². The van der Waals surface area contributed by atoms with E-state index in [1.165, 1.54) is 67.3 Å². The summed E-state index contributed by atoms with van der Waals surface area (Å²) in [5, 5.41) is 36.7. The largest absolute Gasteiger partial charge is 0.544 e. The predicted octanol–water partition coefficient (Wildman–Crippen LogP) is 9.97. The lowest BCUT2D eigenvalue weighted by atomic mass is 10.2. The van der Waals surface area contributed by atoms with Crippen LogP contribution in [-0.4, -0.2) is 43.2 Å². The number of non-ortho nitro benzene ring substituents is 2. The highest BCUT2D eigenvalue weighted by Gasteiger charge is 2.39. The zero-order valence-corrected chi connectivity index (χ0v) is 31.4. The van der Waals surface area contributed by atoms with Gasteiger partial charge in [-0.1, -0.05) is 20.8 Å². The van der Waals surface area contributed by atoms with Crippen molar-refractivity contribution in [2.75, 3.05) is 10.2 Å². The zero-order valence-electron chi connectivity index (χ0n) is 30.4. The Labute approximate surface area is 316 Å². The van der Waals surface area contributed by atoms with E-state index in [0.29, 0.717) is 45.9 Å². The van der Waals surface area contributed by atoms with Gasteiger partial charge in [-0.25, -0.2) is 19.9 Å². The number of hydrogen-bond acceptors (Lipinski definition) is 14. The maximum atomic E-state index is 11.3. The first-order valence-corrected chi connectivity index (χ1v) is 19.7. The number of nitro groups is 2.